The van der Waals surface area contributed by atoms with E-state index in [1.165, 1.54) is 11.0 Å². The van der Waals surface area contributed by atoms with Crippen molar-refractivity contribution in [3.63, 3.8) is 0 Å². The van der Waals surface area contributed by atoms with E-state index >= 15 is 0 Å². The van der Waals surface area contributed by atoms with E-state index in [0.717, 1.165) is 0 Å². The van der Waals surface area contributed by atoms with Gasteiger partial charge in [-0.25, -0.2) is 14.7 Å². The number of nitrogens with zero attached hydrogens (tertiary/aromatic N) is 4. The zero-order chi connectivity index (χ0) is 19.0. The highest BCUT2D eigenvalue weighted by molar-refractivity contribution is 5.97. The lowest BCUT2D eigenvalue weighted by Crippen LogP contribution is -2.37. The van der Waals surface area contributed by atoms with Crippen molar-refractivity contribution in [1.82, 2.24) is 21.1 Å². The zero-order valence-electron chi connectivity index (χ0n) is 14.4. The van der Waals surface area contributed by atoms with Crippen molar-refractivity contribution in [2.75, 3.05) is 25.1 Å². The van der Waals surface area contributed by atoms with Crippen LogP contribution in [0.1, 0.15) is 5.69 Å². The second kappa shape index (κ2) is 6.82. The van der Waals surface area contributed by atoms with Gasteiger partial charge in [0, 0.05) is 24.4 Å². The summed E-state index contributed by atoms with van der Waals surface area (Å²) in [5.74, 6) is 0.0749. The minimum absolute atomic E-state index is 0.183. The van der Waals surface area contributed by atoms with Crippen molar-refractivity contribution in [3.05, 3.63) is 48.0 Å². The van der Waals surface area contributed by atoms with Gasteiger partial charge in [-0.05, 0) is 24.3 Å². The van der Waals surface area contributed by atoms with Crippen LogP contribution in [0.3, 0.4) is 0 Å². The Morgan fingerprint density at radius 1 is 1.37 bits per heavy atom. The number of rotatable bonds is 4. The van der Waals surface area contributed by atoms with Crippen LogP contribution in [0.15, 0.2) is 41.6 Å². The number of carbonyl (C=O) groups excluding carboxylic acids is 1. The van der Waals surface area contributed by atoms with E-state index < -0.39 is 18.0 Å². The van der Waals surface area contributed by atoms with Crippen LogP contribution in [0, 0.1) is 5.82 Å². The molecule has 3 N–H and O–H groups in total. The lowest BCUT2D eigenvalue weighted by atomic mass is 10.1. The molecule has 140 valence electrons. The first-order chi connectivity index (χ1) is 13.0. The summed E-state index contributed by atoms with van der Waals surface area (Å²) in [5.41, 5.74) is 7.63. The van der Waals surface area contributed by atoms with Gasteiger partial charge in [0.1, 0.15) is 17.6 Å². The average Bonchev–Trinajstić information content (AvgIpc) is 3.27. The molecule has 1 saturated heterocycles. The number of hydrogen-bond donors (Lipinski definition) is 3. The third kappa shape index (κ3) is 3.27. The monoisotopic (exact) mass is 372 g/mol. The summed E-state index contributed by atoms with van der Waals surface area (Å²) >= 11 is 0. The van der Waals surface area contributed by atoms with E-state index in [0.29, 0.717) is 28.3 Å². The fourth-order valence-electron chi connectivity index (χ4n) is 2.88. The fourth-order valence-corrected chi connectivity index (χ4v) is 2.88. The number of cyclic esters (lactones) is 1. The number of amidine groups is 1. The summed E-state index contributed by atoms with van der Waals surface area (Å²) in [6, 6.07) is 7.97. The number of ether oxygens (including phenoxy) is 1. The van der Waals surface area contributed by atoms with Gasteiger partial charge in [0.05, 0.1) is 18.8 Å². The van der Waals surface area contributed by atoms with Crippen molar-refractivity contribution in [1.29, 1.82) is 0 Å². The number of benzene rings is 1. The van der Waals surface area contributed by atoms with E-state index in [9.17, 15) is 9.18 Å². The van der Waals surface area contributed by atoms with E-state index in [1.54, 1.807) is 42.6 Å². The van der Waals surface area contributed by atoms with Crippen LogP contribution in [0.4, 0.5) is 14.9 Å². The van der Waals surface area contributed by atoms with E-state index in [4.69, 9.17) is 9.84 Å². The summed E-state index contributed by atoms with van der Waals surface area (Å²) in [4.78, 5) is 17.4. The normalized spacial score (nSPS) is 19.5. The Hall–Kier alpha value is -3.24. The number of carbonyl (C=O) groups is 1. The van der Waals surface area contributed by atoms with E-state index in [-0.39, 0.29) is 13.2 Å². The smallest absolute Gasteiger partial charge is 0.414 e. The molecule has 2 aliphatic heterocycles. The standard InChI is InChI=1S/C17H17FN6O3/c1-23-21-16(20-22-23)15-5-2-10(7-19-15)13-4-3-11(6-14(13)18)24-8-12(9-25)27-17(24)26/h2-7,12,22,25H,8-9H2,1H3,(H,20,21)/t12-/m1/s1. The highest BCUT2D eigenvalue weighted by Gasteiger charge is 2.32. The Morgan fingerprint density at radius 3 is 2.81 bits per heavy atom. The molecule has 27 heavy (non-hydrogen) atoms. The van der Waals surface area contributed by atoms with Gasteiger partial charge in [-0.3, -0.25) is 15.3 Å². The number of amides is 1. The number of hydrogen-bond acceptors (Lipinski definition) is 8. The molecule has 2 aromatic rings. The number of anilines is 1. The molecule has 1 aromatic carbocycles. The fraction of sp³-hybridized carbons (Fsp3) is 0.235. The van der Waals surface area contributed by atoms with E-state index in [2.05, 4.69) is 21.0 Å². The van der Waals surface area contributed by atoms with Crippen LogP contribution in [0.25, 0.3) is 11.1 Å². The molecule has 0 bridgehead atoms. The lowest BCUT2D eigenvalue weighted by Gasteiger charge is -2.14. The van der Waals surface area contributed by atoms with Crippen molar-refractivity contribution in [2.24, 2.45) is 5.10 Å². The predicted molar refractivity (Wildman–Crippen MR) is 94.9 cm³/mol. The summed E-state index contributed by atoms with van der Waals surface area (Å²) in [6.45, 7) is -0.0890. The molecule has 0 aliphatic carbocycles. The Kier molecular flexibility index (Phi) is 4.34. The van der Waals surface area contributed by atoms with Crippen LogP contribution < -0.4 is 15.9 Å². The molecule has 0 unspecified atom stereocenters. The number of aromatic nitrogens is 1. The van der Waals surface area contributed by atoms with Gasteiger partial charge in [0.25, 0.3) is 0 Å². The van der Waals surface area contributed by atoms with Crippen LogP contribution >= 0.6 is 0 Å². The number of hydrazine groups is 2. The topological polar surface area (TPSA) is 102 Å². The van der Waals surface area contributed by atoms with Crippen molar-refractivity contribution in [3.8, 4) is 11.1 Å². The molecule has 10 heteroatoms. The maximum atomic E-state index is 14.6. The highest BCUT2D eigenvalue weighted by Crippen LogP contribution is 2.28. The molecule has 0 spiro atoms. The molecule has 1 amide bonds. The average molecular weight is 372 g/mol. The molecule has 4 rings (SSSR count). The largest absolute Gasteiger partial charge is 0.441 e. The number of halogens is 1. The number of aliphatic hydroxyl groups is 1. The Bertz CT molecular complexity index is 904. The quantitative estimate of drug-likeness (QED) is 0.730. The van der Waals surface area contributed by atoms with Crippen molar-refractivity contribution < 1.29 is 19.0 Å². The van der Waals surface area contributed by atoms with Crippen LogP contribution in [-0.4, -0.2) is 53.4 Å². The van der Waals surface area contributed by atoms with E-state index in [1.807, 2.05) is 0 Å². The van der Waals surface area contributed by atoms with Crippen LogP contribution in [0.2, 0.25) is 0 Å². The van der Waals surface area contributed by atoms with Gasteiger partial charge in [-0.2, -0.15) is 0 Å². The van der Waals surface area contributed by atoms with Gasteiger partial charge in [0.2, 0.25) is 0 Å². The van der Waals surface area contributed by atoms with Crippen LogP contribution in [-0.2, 0) is 4.74 Å². The Labute approximate surface area is 154 Å². The molecule has 3 heterocycles. The lowest BCUT2D eigenvalue weighted by molar-refractivity contribution is 0.0963. The Balaban J connectivity index is 1.55. The van der Waals surface area contributed by atoms with Gasteiger partial charge < -0.3 is 9.84 Å². The minimum atomic E-state index is -0.601. The summed E-state index contributed by atoms with van der Waals surface area (Å²) in [5, 5.41) is 14.7. The second-order valence-corrected chi connectivity index (χ2v) is 6.13. The molecule has 2 aliphatic rings. The first kappa shape index (κ1) is 17.2. The molecule has 1 atom stereocenters. The maximum Gasteiger partial charge on any atom is 0.414 e. The number of pyridine rings is 1. The molecule has 1 fully saturated rings. The summed E-state index contributed by atoms with van der Waals surface area (Å²) in [6.07, 6.45) is 0.357. The van der Waals surface area contributed by atoms with Crippen LogP contribution in [0.5, 0.6) is 0 Å². The Morgan fingerprint density at radius 2 is 2.22 bits per heavy atom. The predicted octanol–water partition coefficient (Wildman–Crippen LogP) is 0.821. The summed E-state index contributed by atoms with van der Waals surface area (Å²) < 4.78 is 19.6. The molecular formula is C17H17FN6O3. The van der Waals surface area contributed by atoms with Crippen molar-refractivity contribution in [2.45, 2.75) is 6.10 Å². The van der Waals surface area contributed by atoms with Gasteiger partial charge in [0.15, 0.2) is 5.84 Å². The van der Waals surface area contributed by atoms with Gasteiger partial charge in [-0.15, -0.1) is 10.2 Å². The number of aliphatic hydroxyl groups excluding tert-OH is 1. The summed E-state index contributed by atoms with van der Waals surface area (Å²) in [7, 11) is 1.76. The minimum Gasteiger partial charge on any atom is -0.441 e. The first-order valence-corrected chi connectivity index (χ1v) is 8.24. The molecule has 0 radical (unpaired) electrons. The molecule has 9 nitrogen and oxygen atoms in total. The first-order valence-electron chi connectivity index (χ1n) is 8.24. The maximum absolute atomic E-state index is 14.6. The number of nitrogens with one attached hydrogen (secondary N) is 2. The zero-order valence-corrected chi connectivity index (χ0v) is 14.4. The second-order valence-electron chi connectivity index (χ2n) is 6.13. The third-order valence-electron chi connectivity index (χ3n) is 4.24. The molecule has 1 aromatic heterocycles. The van der Waals surface area contributed by atoms with Gasteiger partial charge in [-0.1, -0.05) is 6.07 Å². The SMILES string of the molecule is CN1NN=C(c2ccc(-c3ccc(N4C[C@H](CO)OC4=O)cc3F)cn2)N1. The molecular weight excluding hydrogens is 355 g/mol. The molecule has 0 saturated carbocycles. The van der Waals surface area contributed by atoms with Gasteiger partial charge >= 0.3 is 6.09 Å². The highest BCUT2D eigenvalue weighted by atomic mass is 19.1. The third-order valence-corrected chi connectivity index (χ3v) is 4.24. The van der Waals surface area contributed by atoms with Crippen molar-refractivity contribution >= 4 is 17.6 Å². The number of hydrazone groups is 1.